The quantitative estimate of drug-likeness (QED) is 0.203. The molecule has 0 amide bonds. The highest BCUT2D eigenvalue weighted by Gasteiger charge is 2.28. The Balaban J connectivity index is -0.0000000887. The number of unbranched alkanes of at least 4 members (excludes halogenated alkanes) is 1. The van der Waals surface area contributed by atoms with Crippen molar-refractivity contribution in [2.45, 2.75) is 216 Å². The molecule has 2 aliphatic carbocycles. The van der Waals surface area contributed by atoms with Crippen molar-refractivity contribution < 1.29 is 4.74 Å². The molecule has 0 atom stereocenters. The second kappa shape index (κ2) is 51.4. The predicted molar refractivity (Wildman–Crippen MR) is 241 cm³/mol. The summed E-state index contributed by atoms with van der Waals surface area (Å²) in [7, 11) is 0. The highest BCUT2D eigenvalue weighted by Crippen LogP contribution is 2.33. The summed E-state index contributed by atoms with van der Waals surface area (Å²) in [5, 5.41) is 0. The Morgan fingerprint density at radius 3 is 1.36 bits per heavy atom. The van der Waals surface area contributed by atoms with Gasteiger partial charge in [-0.25, -0.2) is 0 Å². The topological polar surface area (TPSA) is 9.23 Å². The molecule has 1 nitrogen and oxygen atoms in total. The van der Waals surface area contributed by atoms with Gasteiger partial charge in [0, 0.05) is 0 Å². The summed E-state index contributed by atoms with van der Waals surface area (Å²) in [4.78, 5) is 0. The summed E-state index contributed by atoms with van der Waals surface area (Å²) < 4.78 is 5.46. The van der Waals surface area contributed by atoms with Crippen LogP contribution in [0.5, 0.6) is 0 Å². The summed E-state index contributed by atoms with van der Waals surface area (Å²) in [5.41, 5.74) is 6.65. The minimum atomic E-state index is 0.422. The largest absolute Gasteiger partial charge is 0.491 e. The lowest BCUT2D eigenvalue weighted by Gasteiger charge is -2.34. The molecule has 2 fully saturated rings. The van der Waals surface area contributed by atoms with E-state index < -0.39 is 0 Å². The third-order valence-corrected chi connectivity index (χ3v) is 8.21. The van der Waals surface area contributed by atoms with Crippen LogP contribution in [0.25, 0.3) is 0 Å². The molecule has 300 valence electrons. The Kier molecular flexibility index (Phi) is 64.8. The maximum Gasteiger partial charge on any atom is 0.111 e. The number of allylic oxidation sites excluding steroid dienone is 4. The van der Waals surface area contributed by atoms with Crippen molar-refractivity contribution in [3.63, 3.8) is 0 Å². The third-order valence-electron chi connectivity index (χ3n) is 8.21. The Morgan fingerprint density at radius 1 is 0.720 bits per heavy atom. The van der Waals surface area contributed by atoms with E-state index in [1.165, 1.54) is 80.1 Å². The van der Waals surface area contributed by atoms with Crippen LogP contribution in [-0.2, 0) is 11.2 Å². The van der Waals surface area contributed by atoms with Crippen LogP contribution in [0.4, 0.5) is 0 Å². The first-order valence-corrected chi connectivity index (χ1v) is 21.2. The van der Waals surface area contributed by atoms with E-state index in [1.807, 2.05) is 83.1 Å². The molecular weight excluding hydrogens is 605 g/mol. The second-order valence-electron chi connectivity index (χ2n) is 12.0. The van der Waals surface area contributed by atoms with E-state index >= 15 is 0 Å². The molecule has 50 heavy (non-hydrogen) atoms. The van der Waals surface area contributed by atoms with Crippen molar-refractivity contribution in [3.8, 4) is 0 Å². The third kappa shape index (κ3) is 44.0. The van der Waals surface area contributed by atoms with Gasteiger partial charge < -0.3 is 4.74 Å². The molecule has 0 radical (unpaired) electrons. The summed E-state index contributed by atoms with van der Waals surface area (Å²) in [5.74, 6) is 3.64. The Labute approximate surface area is 321 Å². The molecule has 0 heterocycles. The van der Waals surface area contributed by atoms with Gasteiger partial charge in [0.25, 0.3) is 0 Å². The Hall–Kier alpha value is -2.02. The van der Waals surface area contributed by atoms with Crippen molar-refractivity contribution in [2.24, 2.45) is 17.8 Å². The van der Waals surface area contributed by atoms with E-state index in [0.29, 0.717) is 11.9 Å². The number of hydrogen-bond donors (Lipinski definition) is 0. The maximum atomic E-state index is 5.46. The van der Waals surface area contributed by atoms with E-state index in [0.717, 1.165) is 29.7 Å². The van der Waals surface area contributed by atoms with Gasteiger partial charge in [0.05, 0.1) is 6.10 Å². The number of rotatable bonds is 7. The lowest BCUT2D eigenvalue weighted by molar-refractivity contribution is 0.0155. The van der Waals surface area contributed by atoms with E-state index in [1.54, 1.807) is 6.08 Å². The lowest BCUT2D eigenvalue weighted by atomic mass is 9.80. The van der Waals surface area contributed by atoms with E-state index in [-0.39, 0.29) is 0 Å². The number of ether oxygens (including phenoxy) is 1. The first-order valence-electron chi connectivity index (χ1n) is 21.2. The van der Waals surface area contributed by atoms with Crippen molar-refractivity contribution in [3.05, 3.63) is 83.7 Å². The fraction of sp³-hybridized carbons (Fsp3) is 0.714. The molecule has 1 aromatic carbocycles. The van der Waals surface area contributed by atoms with Crippen LogP contribution in [0, 0.1) is 31.6 Å². The average Bonchev–Trinajstić information content (AvgIpc) is 3.16. The first-order chi connectivity index (χ1) is 23.9. The fourth-order valence-electron chi connectivity index (χ4n) is 4.06. The van der Waals surface area contributed by atoms with Gasteiger partial charge in [-0.05, 0) is 94.4 Å². The smallest absolute Gasteiger partial charge is 0.111 e. The van der Waals surface area contributed by atoms with Crippen molar-refractivity contribution in [2.75, 3.05) is 0 Å². The second-order valence-corrected chi connectivity index (χ2v) is 12.0. The van der Waals surface area contributed by atoms with Gasteiger partial charge in [0.2, 0.25) is 0 Å². The molecule has 0 spiro atoms. The van der Waals surface area contributed by atoms with Crippen LogP contribution in [0.3, 0.4) is 0 Å². The van der Waals surface area contributed by atoms with Crippen LogP contribution < -0.4 is 0 Å². The zero-order valence-electron chi connectivity index (χ0n) is 38.8. The van der Waals surface area contributed by atoms with Crippen molar-refractivity contribution in [1.82, 2.24) is 0 Å². The molecule has 0 N–H and O–H groups in total. The number of benzene rings is 1. The highest BCUT2D eigenvalue weighted by molar-refractivity contribution is 5.29. The monoisotopic (exact) mass is 703 g/mol. The Bertz CT molecular complexity index is 817. The predicted octanol–water partition coefficient (Wildman–Crippen LogP) is 18.1. The minimum absolute atomic E-state index is 0.422. The van der Waals surface area contributed by atoms with Crippen LogP contribution in [0.15, 0.2) is 67.0 Å². The molecule has 0 unspecified atom stereocenters. The first kappa shape index (κ1) is 63.1. The fourth-order valence-corrected chi connectivity index (χ4v) is 4.06. The maximum absolute atomic E-state index is 5.46. The van der Waals surface area contributed by atoms with Gasteiger partial charge in [-0.1, -0.05) is 211 Å². The van der Waals surface area contributed by atoms with Gasteiger partial charge in [0.15, 0.2) is 0 Å². The molecule has 1 heteroatoms. The van der Waals surface area contributed by atoms with Gasteiger partial charge in [-0.3, -0.25) is 0 Å². The number of aryl methyl sites for hydroxylation is 3. The molecule has 0 bridgehead atoms. The van der Waals surface area contributed by atoms with Gasteiger partial charge >= 0.3 is 0 Å². The molecule has 0 aliphatic heterocycles. The average molecular weight is 703 g/mol. The molecule has 3 rings (SSSR count). The van der Waals surface area contributed by atoms with Crippen LogP contribution in [-0.4, -0.2) is 6.10 Å². The van der Waals surface area contributed by atoms with Gasteiger partial charge in [-0.2, -0.15) is 0 Å². The minimum Gasteiger partial charge on any atom is -0.491 e. The highest BCUT2D eigenvalue weighted by atomic mass is 16.5. The zero-order valence-corrected chi connectivity index (χ0v) is 38.8. The standard InChI is InChI=1S/C10H16O.C10H14.C8H16.C7H12.C4H10.5C2H6/c1-4-8(3)11-10-6-9(5-2)7-10;1-4-10-6-5-8(2)9(3)7-10;1-7-3-5-8(2)6-4-7;1-5-7(4)6(2)3;1-3-4-2;5*1-2/h4,9-10H,1,3,5-7H2,2H3;5-7H,4H2,1-3H3;7-8H,3-6H2,1-2H3;5H,2H2,1,3-4H3;3-4H2,1-2H3;5*1-2H3/b;;;7-5+;;;;;;. The summed E-state index contributed by atoms with van der Waals surface area (Å²) in [6.07, 6.45) is 17.5. The van der Waals surface area contributed by atoms with Crippen LogP contribution in [0.2, 0.25) is 0 Å². The molecule has 2 aliphatic rings. The number of hydrogen-bond acceptors (Lipinski definition) is 1. The normalized spacial score (nSPS) is 17.5. The van der Waals surface area contributed by atoms with E-state index in [9.17, 15) is 0 Å². The molecular formula is C49H98O. The lowest BCUT2D eigenvalue weighted by Crippen LogP contribution is -2.30. The van der Waals surface area contributed by atoms with Gasteiger partial charge in [-0.15, -0.1) is 0 Å². The molecule has 2 saturated carbocycles. The Morgan fingerprint density at radius 2 is 1.12 bits per heavy atom. The van der Waals surface area contributed by atoms with Crippen LogP contribution >= 0.6 is 0 Å². The molecule has 0 aromatic heterocycles. The summed E-state index contributed by atoms with van der Waals surface area (Å²) in [6.45, 7) is 54.9. The zero-order chi connectivity index (χ0) is 41.1. The summed E-state index contributed by atoms with van der Waals surface area (Å²) >= 11 is 0. The van der Waals surface area contributed by atoms with Crippen molar-refractivity contribution in [1.29, 1.82) is 0 Å². The molecule has 1 aromatic rings. The SMILES string of the molecule is C=C(C)/C(C)=C/C.C=CC(=C)OC1CC(CC)C1.CC.CC.CC.CC.CC.CC1CCC(C)CC1.CCCC.CCc1ccc(C)c(C)c1. The van der Waals surface area contributed by atoms with Crippen LogP contribution in [0.1, 0.15) is 206 Å². The van der Waals surface area contributed by atoms with E-state index in [4.69, 9.17) is 4.74 Å². The molecule has 0 saturated heterocycles. The van der Waals surface area contributed by atoms with Crippen molar-refractivity contribution >= 4 is 0 Å². The van der Waals surface area contributed by atoms with Gasteiger partial charge in [0.1, 0.15) is 5.76 Å². The summed E-state index contributed by atoms with van der Waals surface area (Å²) in [6, 6.07) is 6.64. The van der Waals surface area contributed by atoms with E-state index in [2.05, 4.69) is 106 Å².